The lowest BCUT2D eigenvalue weighted by Gasteiger charge is -2.01. The highest BCUT2D eigenvalue weighted by Crippen LogP contribution is 2.31. The van der Waals surface area contributed by atoms with Crippen molar-refractivity contribution in [3.63, 3.8) is 0 Å². The molecule has 0 bridgehead atoms. The van der Waals surface area contributed by atoms with Crippen molar-refractivity contribution in [2.45, 2.75) is 0 Å². The fraction of sp³-hybridized carbons (Fsp3) is 0. The van der Waals surface area contributed by atoms with Crippen molar-refractivity contribution in [1.29, 1.82) is 0 Å². The molecule has 7 nitrogen and oxygen atoms in total. The summed E-state index contributed by atoms with van der Waals surface area (Å²) in [6, 6.07) is 13.6. The summed E-state index contributed by atoms with van der Waals surface area (Å²) >= 11 is 12.0. The fourth-order valence-electron chi connectivity index (χ4n) is 2.21. The van der Waals surface area contributed by atoms with Crippen LogP contribution >= 0.6 is 23.2 Å². The zero-order valence-electron chi connectivity index (χ0n) is 13.6. The molecule has 0 saturated carbocycles. The highest BCUT2D eigenvalue weighted by molar-refractivity contribution is 6.36. The van der Waals surface area contributed by atoms with E-state index in [2.05, 4.69) is 10.5 Å². The van der Waals surface area contributed by atoms with E-state index in [9.17, 15) is 14.9 Å². The van der Waals surface area contributed by atoms with Gasteiger partial charge in [-0.1, -0.05) is 23.2 Å². The number of amides is 1. The number of carbonyl (C=O) groups excluding carboxylic acids is 1. The number of hydrogen-bond donors (Lipinski definition) is 1. The van der Waals surface area contributed by atoms with Crippen molar-refractivity contribution in [2.75, 3.05) is 0 Å². The molecule has 0 radical (unpaired) electrons. The molecule has 1 amide bonds. The Morgan fingerprint density at radius 2 is 1.85 bits per heavy atom. The standard InChI is InChI=1S/C18H11Cl2N3O4/c19-12-3-7-15(16(20)9-12)17-8-6-14(27-17)10-21-22-18(24)11-1-4-13(5-2-11)23(25)26/h1-10H,(H,22,24). The molecule has 0 unspecified atom stereocenters. The maximum absolute atomic E-state index is 12.0. The lowest BCUT2D eigenvalue weighted by atomic mass is 10.2. The number of halogens is 2. The summed E-state index contributed by atoms with van der Waals surface area (Å²) in [6.07, 6.45) is 1.33. The van der Waals surface area contributed by atoms with E-state index >= 15 is 0 Å². The molecule has 0 spiro atoms. The van der Waals surface area contributed by atoms with Crippen LogP contribution in [-0.2, 0) is 0 Å². The van der Waals surface area contributed by atoms with Crippen LogP contribution in [0.3, 0.4) is 0 Å². The zero-order chi connectivity index (χ0) is 19.4. The Hall–Kier alpha value is -3.16. The van der Waals surface area contributed by atoms with E-state index in [4.69, 9.17) is 27.6 Å². The summed E-state index contributed by atoms with van der Waals surface area (Å²) in [6.45, 7) is 0. The van der Waals surface area contributed by atoms with Gasteiger partial charge in [-0.05, 0) is 42.5 Å². The monoisotopic (exact) mass is 403 g/mol. The molecular formula is C18H11Cl2N3O4. The number of carbonyl (C=O) groups is 1. The fourth-order valence-corrected chi connectivity index (χ4v) is 2.71. The number of benzene rings is 2. The van der Waals surface area contributed by atoms with E-state index < -0.39 is 10.8 Å². The van der Waals surface area contributed by atoms with E-state index in [0.29, 0.717) is 27.1 Å². The van der Waals surface area contributed by atoms with E-state index in [0.717, 1.165) is 0 Å². The van der Waals surface area contributed by atoms with Gasteiger partial charge in [-0.2, -0.15) is 5.10 Å². The number of nitrogens with one attached hydrogen (secondary N) is 1. The van der Waals surface area contributed by atoms with Gasteiger partial charge in [-0.3, -0.25) is 14.9 Å². The molecule has 0 aliphatic rings. The van der Waals surface area contributed by atoms with Gasteiger partial charge in [0.05, 0.1) is 16.2 Å². The number of hydrogen-bond acceptors (Lipinski definition) is 5. The van der Waals surface area contributed by atoms with Crippen LogP contribution in [0.1, 0.15) is 16.1 Å². The number of non-ortho nitro benzene ring substituents is 1. The topological polar surface area (TPSA) is 97.7 Å². The number of hydrazone groups is 1. The van der Waals surface area contributed by atoms with E-state index in [1.807, 2.05) is 0 Å². The second kappa shape index (κ2) is 8.03. The molecule has 27 heavy (non-hydrogen) atoms. The van der Waals surface area contributed by atoms with E-state index in [1.165, 1.54) is 30.5 Å². The smallest absolute Gasteiger partial charge is 0.271 e. The summed E-state index contributed by atoms with van der Waals surface area (Å²) in [4.78, 5) is 22.0. The minimum atomic E-state index is -0.540. The van der Waals surface area contributed by atoms with Gasteiger partial charge in [0.2, 0.25) is 0 Å². The van der Waals surface area contributed by atoms with Gasteiger partial charge in [0.15, 0.2) is 0 Å². The lowest BCUT2D eigenvalue weighted by Crippen LogP contribution is -2.17. The highest BCUT2D eigenvalue weighted by Gasteiger charge is 2.10. The molecule has 0 atom stereocenters. The number of furan rings is 1. The number of rotatable bonds is 5. The van der Waals surface area contributed by atoms with Crippen LogP contribution in [0.4, 0.5) is 5.69 Å². The van der Waals surface area contributed by atoms with Crippen molar-refractivity contribution in [2.24, 2.45) is 5.10 Å². The summed E-state index contributed by atoms with van der Waals surface area (Å²) in [7, 11) is 0. The third-order valence-corrected chi connectivity index (χ3v) is 4.07. The summed E-state index contributed by atoms with van der Waals surface area (Å²) in [5, 5.41) is 15.4. The molecule has 9 heteroatoms. The largest absolute Gasteiger partial charge is 0.455 e. The van der Waals surface area contributed by atoms with Gasteiger partial charge in [0, 0.05) is 28.3 Å². The van der Waals surface area contributed by atoms with Crippen LogP contribution < -0.4 is 5.43 Å². The van der Waals surface area contributed by atoms with E-state index in [1.54, 1.807) is 30.3 Å². The third-order valence-electron chi connectivity index (χ3n) is 3.52. The Bertz CT molecular complexity index is 1030. The minimum absolute atomic E-state index is 0.0981. The minimum Gasteiger partial charge on any atom is -0.455 e. The highest BCUT2D eigenvalue weighted by atomic mass is 35.5. The van der Waals surface area contributed by atoms with Gasteiger partial charge in [-0.15, -0.1) is 0 Å². The molecule has 0 fully saturated rings. The second-order valence-electron chi connectivity index (χ2n) is 5.33. The molecule has 3 rings (SSSR count). The van der Waals surface area contributed by atoms with Gasteiger partial charge in [-0.25, -0.2) is 5.43 Å². The van der Waals surface area contributed by atoms with Gasteiger partial charge in [0.1, 0.15) is 11.5 Å². The number of nitrogens with zero attached hydrogens (tertiary/aromatic N) is 2. The summed E-state index contributed by atoms with van der Waals surface area (Å²) < 4.78 is 5.62. The first kappa shape index (κ1) is 18.6. The molecule has 1 aromatic heterocycles. The zero-order valence-corrected chi connectivity index (χ0v) is 15.1. The number of nitro benzene ring substituents is 1. The first-order valence-corrected chi connectivity index (χ1v) is 8.33. The average molecular weight is 404 g/mol. The molecule has 2 aromatic carbocycles. The molecule has 0 saturated heterocycles. The molecule has 0 aliphatic heterocycles. The quantitative estimate of drug-likeness (QED) is 0.371. The Morgan fingerprint density at radius 3 is 2.52 bits per heavy atom. The van der Waals surface area contributed by atoms with Crippen LogP contribution in [-0.4, -0.2) is 17.0 Å². The predicted octanol–water partition coefficient (Wildman–Crippen LogP) is 4.93. The molecular weight excluding hydrogens is 393 g/mol. The van der Waals surface area contributed by atoms with Crippen molar-refractivity contribution < 1.29 is 14.1 Å². The first-order chi connectivity index (χ1) is 12.9. The Kier molecular flexibility index (Phi) is 5.54. The van der Waals surface area contributed by atoms with Gasteiger partial charge >= 0.3 is 0 Å². The first-order valence-electron chi connectivity index (χ1n) is 7.57. The number of nitro groups is 1. The van der Waals surface area contributed by atoms with Crippen LogP contribution in [0.15, 0.2) is 64.1 Å². The van der Waals surface area contributed by atoms with Crippen molar-refractivity contribution in [3.05, 3.63) is 86.1 Å². The molecule has 1 heterocycles. The van der Waals surface area contributed by atoms with Crippen LogP contribution in [0.2, 0.25) is 10.0 Å². The SMILES string of the molecule is O=C(NN=Cc1ccc(-c2ccc(Cl)cc2Cl)o1)c1ccc([N+](=O)[O-])cc1. The van der Waals surface area contributed by atoms with Crippen LogP contribution in [0, 0.1) is 10.1 Å². The average Bonchev–Trinajstić information content (AvgIpc) is 3.10. The van der Waals surface area contributed by atoms with Crippen LogP contribution in [0.5, 0.6) is 0 Å². The summed E-state index contributed by atoms with van der Waals surface area (Å²) in [5.74, 6) is 0.425. The predicted molar refractivity (Wildman–Crippen MR) is 102 cm³/mol. The van der Waals surface area contributed by atoms with Crippen molar-refractivity contribution in [3.8, 4) is 11.3 Å². The third kappa shape index (κ3) is 4.52. The molecule has 136 valence electrons. The van der Waals surface area contributed by atoms with E-state index in [-0.39, 0.29) is 11.3 Å². The Balaban J connectivity index is 1.65. The Morgan fingerprint density at radius 1 is 1.11 bits per heavy atom. The molecule has 0 aliphatic carbocycles. The molecule has 1 N–H and O–H groups in total. The molecule has 3 aromatic rings. The maximum atomic E-state index is 12.0. The summed E-state index contributed by atoms with van der Waals surface area (Å²) in [5.41, 5.74) is 3.14. The lowest BCUT2D eigenvalue weighted by molar-refractivity contribution is -0.384. The van der Waals surface area contributed by atoms with Crippen molar-refractivity contribution in [1.82, 2.24) is 5.43 Å². The van der Waals surface area contributed by atoms with Gasteiger partial charge in [0.25, 0.3) is 11.6 Å². The van der Waals surface area contributed by atoms with Crippen LogP contribution in [0.25, 0.3) is 11.3 Å². The second-order valence-corrected chi connectivity index (χ2v) is 6.17. The van der Waals surface area contributed by atoms with Gasteiger partial charge < -0.3 is 4.42 Å². The Labute approximate surface area is 163 Å². The van der Waals surface area contributed by atoms with Crippen molar-refractivity contribution >= 4 is 41.0 Å². The normalized spacial score (nSPS) is 10.9. The maximum Gasteiger partial charge on any atom is 0.271 e.